The van der Waals surface area contributed by atoms with Crippen LogP contribution in [0, 0.1) is 0 Å². The summed E-state index contributed by atoms with van der Waals surface area (Å²) in [5, 5.41) is 0. The summed E-state index contributed by atoms with van der Waals surface area (Å²) in [4.78, 5) is 14.8. The number of carbonyl (C=O) groups excluding carboxylic acids is 1. The Bertz CT molecular complexity index is 2750. The molecule has 8 aromatic carbocycles. The van der Waals surface area contributed by atoms with Crippen molar-refractivity contribution in [3.05, 3.63) is 238 Å². The van der Waals surface area contributed by atoms with Crippen LogP contribution >= 0.6 is 0 Å². The van der Waals surface area contributed by atoms with Gasteiger partial charge in [-0.25, -0.2) is 0 Å². The predicted octanol–water partition coefficient (Wildman–Crippen LogP) is 12.1. The smallest absolute Gasteiger partial charge is 0.193 e. The van der Waals surface area contributed by atoms with Crippen molar-refractivity contribution in [3.63, 3.8) is 0 Å². The molecule has 0 bridgehead atoms. The SMILES string of the molecule is O=C(c1ccc2c(c1)Cc1ccccc1-c1ccccc1Cc1ccccc1-2)c1ccc2c(c1)C1(c3ccccc3-c3ccccc31)c1ccccc1-2. The Morgan fingerprint density at radius 2 is 0.660 bits per heavy atom. The average molecular weight is 675 g/mol. The summed E-state index contributed by atoms with van der Waals surface area (Å²) < 4.78 is 0. The fourth-order valence-corrected chi connectivity index (χ4v) is 9.77. The molecule has 0 heterocycles. The molecule has 1 spiro atoms. The summed E-state index contributed by atoms with van der Waals surface area (Å²) in [5.74, 6) is 0.0466. The van der Waals surface area contributed by atoms with E-state index in [4.69, 9.17) is 0 Å². The molecule has 8 aromatic rings. The summed E-state index contributed by atoms with van der Waals surface area (Å²) in [5.41, 5.74) is 20.9. The molecule has 11 rings (SSSR count). The molecule has 0 amide bonds. The van der Waals surface area contributed by atoms with Crippen molar-refractivity contribution in [1.29, 1.82) is 0 Å². The lowest BCUT2D eigenvalue weighted by molar-refractivity contribution is 0.103. The van der Waals surface area contributed by atoms with Gasteiger partial charge in [-0.1, -0.05) is 170 Å². The highest BCUT2D eigenvalue weighted by Gasteiger charge is 2.51. The van der Waals surface area contributed by atoms with Crippen molar-refractivity contribution in [1.82, 2.24) is 0 Å². The van der Waals surface area contributed by atoms with Gasteiger partial charge in [-0.3, -0.25) is 4.79 Å². The molecule has 0 aromatic heterocycles. The molecular formula is C52H34O. The van der Waals surface area contributed by atoms with Crippen molar-refractivity contribution < 1.29 is 4.79 Å². The molecule has 0 fully saturated rings. The first kappa shape index (κ1) is 30.1. The maximum absolute atomic E-state index is 14.8. The van der Waals surface area contributed by atoms with E-state index in [0.29, 0.717) is 11.1 Å². The lowest BCUT2D eigenvalue weighted by Gasteiger charge is -2.30. The third kappa shape index (κ3) is 4.28. The molecule has 3 aliphatic rings. The standard InChI is InChI=1S/C52H34O/c53-51(36-25-27-42-38(31-36)30-35-15-3-5-17-40(35)39-16-4-1-13-33(39)29-34-14-2-6-18-41(34)42)37-26-28-46-45-21-9-12-24-49(45)52(50(46)32-37)47-22-10-7-19-43(47)44-20-8-11-23-48(44)52/h1-28,31-32H,29-30H2. The van der Waals surface area contributed by atoms with E-state index in [1.54, 1.807) is 0 Å². The largest absolute Gasteiger partial charge is 0.289 e. The Morgan fingerprint density at radius 3 is 1.15 bits per heavy atom. The van der Waals surface area contributed by atoms with Gasteiger partial charge in [-0.05, 0) is 114 Å². The molecule has 0 radical (unpaired) electrons. The van der Waals surface area contributed by atoms with Gasteiger partial charge in [-0.15, -0.1) is 0 Å². The topological polar surface area (TPSA) is 17.1 Å². The molecule has 53 heavy (non-hydrogen) atoms. The van der Waals surface area contributed by atoms with Gasteiger partial charge in [-0.2, -0.15) is 0 Å². The molecule has 0 aliphatic heterocycles. The number of rotatable bonds is 2. The van der Waals surface area contributed by atoms with E-state index in [1.807, 2.05) is 12.1 Å². The summed E-state index contributed by atoms with van der Waals surface area (Å²) >= 11 is 0. The highest BCUT2D eigenvalue weighted by Crippen LogP contribution is 2.62. The summed E-state index contributed by atoms with van der Waals surface area (Å²) in [6, 6.07) is 65.5. The third-order valence-corrected chi connectivity index (χ3v) is 12.0. The Balaban J connectivity index is 1.08. The number of ketones is 1. The lowest BCUT2D eigenvalue weighted by atomic mass is 9.70. The summed E-state index contributed by atoms with van der Waals surface area (Å²) in [6.07, 6.45) is 1.57. The molecule has 3 aliphatic carbocycles. The minimum Gasteiger partial charge on any atom is -0.289 e. The van der Waals surface area contributed by atoms with Crippen LogP contribution in [0.25, 0.3) is 44.5 Å². The summed E-state index contributed by atoms with van der Waals surface area (Å²) in [7, 11) is 0. The molecule has 1 nitrogen and oxygen atoms in total. The van der Waals surface area contributed by atoms with E-state index in [9.17, 15) is 4.79 Å². The van der Waals surface area contributed by atoms with E-state index >= 15 is 0 Å². The first-order chi connectivity index (χ1) is 26.2. The number of carbonyl (C=O) groups is 1. The molecule has 0 saturated carbocycles. The first-order valence-corrected chi connectivity index (χ1v) is 18.6. The van der Waals surface area contributed by atoms with Crippen LogP contribution in [0.1, 0.15) is 60.4 Å². The van der Waals surface area contributed by atoms with Crippen LogP contribution in [-0.2, 0) is 18.3 Å². The van der Waals surface area contributed by atoms with Crippen LogP contribution in [0.3, 0.4) is 0 Å². The molecule has 0 N–H and O–H groups in total. The van der Waals surface area contributed by atoms with Gasteiger partial charge < -0.3 is 0 Å². The highest BCUT2D eigenvalue weighted by molar-refractivity contribution is 6.10. The van der Waals surface area contributed by atoms with Crippen molar-refractivity contribution in [2.45, 2.75) is 18.3 Å². The lowest BCUT2D eigenvalue weighted by Crippen LogP contribution is -2.26. The maximum atomic E-state index is 14.8. The van der Waals surface area contributed by atoms with Crippen molar-refractivity contribution in [3.8, 4) is 44.5 Å². The van der Waals surface area contributed by atoms with Crippen molar-refractivity contribution >= 4 is 5.78 Å². The number of hydrogen-bond donors (Lipinski definition) is 0. The molecular weight excluding hydrogens is 641 g/mol. The molecule has 248 valence electrons. The minimum atomic E-state index is -0.484. The Hall–Kier alpha value is -6.57. The second kappa shape index (κ2) is 11.5. The van der Waals surface area contributed by atoms with Crippen LogP contribution < -0.4 is 0 Å². The van der Waals surface area contributed by atoms with Gasteiger partial charge >= 0.3 is 0 Å². The quantitative estimate of drug-likeness (QED) is 0.167. The highest BCUT2D eigenvalue weighted by atomic mass is 16.1. The maximum Gasteiger partial charge on any atom is 0.193 e. The van der Waals surface area contributed by atoms with E-state index in [2.05, 4.69) is 170 Å². The number of hydrogen-bond acceptors (Lipinski definition) is 1. The van der Waals surface area contributed by atoms with Gasteiger partial charge in [0.1, 0.15) is 0 Å². The van der Waals surface area contributed by atoms with Gasteiger partial charge in [0, 0.05) is 11.1 Å². The molecule has 0 unspecified atom stereocenters. The number of fused-ring (bicyclic) bond motifs is 16. The van der Waals surface area contributed by atoms with Gasteiger partial charge in [0.2, 0.25) is 0 Å². The van der Waals surface area contributed by atoms with Gasteiger partial charge in [0.25, 0.3) is 0 Å². The fourth-order valence-electron chi connectivity index (χ4n) is 9.77. The molecule has 0 atom stereocenters. The van der Waals surface area contributed by atoms with Crippen LogP contribution in [-0.4, -0.2) is 5.78 Å². The zero-order chi connectivity index (χ0) is 35.1. The van der Waals surface area contributed by atoms with E-state index in [1.165, 1.54) is 89.0 Å². The van der Waals surface area contributed by atoms with Crippen LogP contribution in [0.4, 0.5) is 0 Å². The van der Waals surface area contributed by atoms with Crippen LogP contribution in [0.15, 0.2) is 182 Å². The first-order valence-electron chi connectivity index (χ1n) is 18.6. The molecule has 1 heteroatoms. The number of benzene rings is 8. The summed E-state index contributed by atoms with van der Waals surface area (Å²) in [6.45, 7) is 0. The van der Waals surface area contributed by atoms with Gasteiger partial charge in [0.05, 0.1) is 5.41 Å². The predicted molar refractivity (Wildman–Crippen MR) is 216 cm³/mol. The van der Waals surface area contributed by atoms with Crippen LogP contribution in [0.2, 0.25) is 0 Å². The zero-order valence-electron chi connectivity index (χ0n) is 29.1. The third-order valence-electron chi connectivity index (χ3n) is 12.0. The van der Waals surface area contributed by atoms with Crippen molar-refractivity contribution in [2.75, 3.05) is 0 Å². The normalized spacial score (nSPS) is 13.7. The Kier molecular flexibility index (Phi) is 6.51. The Morgan fingerprint density at radius 1 is 0.321 bits per heavy atom. The van der Waals surface area contributed by atoms with E-state index in [0.717, 1.165) is 12.8 Å². The van der Waals surface area contributed by atoms with E-state index in [-0.39, 0.29) is 5.78 Å². The minimum absolute atomic E-state index is 0.0466. The molecule has 0 saturated heterocycles. The van der Waals surface area contributed by atoms with Gasteiger partial charge in [0.15, 0.2) is 5.78 Å². The Labute approximate surface area is 309 Å². The zero-order valence-corrected chi connectivity index (χ0v) is 29.1. The second-order valence-corrected chi connectivity index (χ2v) is 14.7. The van der Waals surface area contributed by atoms with Crippen molar-refractivity contribution in [2.24, 2.45) is 0 Å². The van der Waals surface area contributed by atoms with E-state index < -0.39 is 5.41 Å². The average Bonchev–Trinajstić information content (AvgIpc) is 3.68. The van der Waals surface area contributed by atoms with Crippen LogP contribution in [0.5, 0.6) is 0 Å². The second-order valence-electron chi connectivity index (χ2n) is 14.7. The fraction of sp³-hybridized carbons (Fsp3) is 0.0577. The monoisotopic (exact) mass is 674 g/mol.